The number of allylic oxidation sites excluding steroid dienone is 2. The quantitative estimate of drug-likeness (QED) is 0.240. The van der Waals surface area contributed by atoms with Gasteiger partial charge >= 0.3 is 5.97 Å². The van der Waals surface area contributed by atoms with Crippen LogP contribution in [0.3, 0.4) is 0 Å². The largest absolute Gasteiger partial charge is 0.481 e. The Balaban J connectivity index is 0. The molecule has 0 amide bonds. The molecule has 4 nitrogen and oxygen atoms in total. The summed E-state index contributed by atoms with van der Waals surface area (Å²) >= 11 is 0. The van der Waals surface area contributed by atoms with Gasteiger partial charge in [-0.05, 0) is 51.6 Å². The second-order valence-corrected chi connectivity index (χ2v) is 6.66. The lowest BCUT2D eigenvalue weighted by molar-refractivity contribution is -0.137. The lowest BCUT2D eigenvalue weighted by Gasteiger charge is -1.99. The molecule has 0 radical (unpaired) electrons. The van der Waals surface area contributed by atoms with Gasteiger partial charge < -0.3 is 16.6 Å². The third-order valence-corrected chi connectivity index (χ3v) is 4.06. The zero-order valence-electron chi connectivity index (χ0n) is 16.7. The summed E-state index contributed by atoms with van der Waals surface area (Å²) in [4.78, 5) is 10.3. The van der Waals surface area contributed by atoms with E-state index in [2.05, 4.69) is 19.1 Å². The van der Waals surface area contributed by atoms with Crippen LogP contribution in [0.4, 0.5) is 0 Å². The van der Waals surface area contributed by atoms with E-state index in [4.69, 9.17) is 16.6 Å². The number of aliphatic carboxylic acids is 1. The zero-order valence-corrected chi connectivity index (χ0v) is 16.7. The van der Waals surface area contributed by atoms with E-state index in [9.17, 15) is 4.79 Å². The number of carboxylic acids is 1. The van der Waals surface area contributed by atoms with Gasteiger partial charge in [0.1, 0.15) is 0 Å². The molecule has 0 aromatic carbocycles. The molecule has 0 aliphatic heterocycles. The molecular weight excluding hydrogens is 312 g/mol. The molecule has 0 spiro atoms. The van der Waals surface area contributed by atoms with Gasteiger partial charge in [-0.1, -0.05) is 70.4 Å². The molecule has 25 heavy (non-hydrogen) atoms. The maximum Gasteiger partial charge on any atom is 0.303 e. The fourth-order valence-corrected chi connectivity index (χ4v) is 2.46. The van der Waals surface area contributed by atoms with Crippen molar-refractivity contribution in [3.05, 3.63) is 12.2 Å². The molecule has 0 saturated carbocycles. The summed E-state index contributed by atoms with van der Waals surface area (Å²) in [7, 11) is 0. The second-order valence-electron chi connectivity index (χ2n) is 6.66. The van der Waals surface area contributed by atoms with Crippen LogP contribution in [0.25, 0.3) is 0 Å². The van der Waals surface area contributed by atoms with E-state index in [1.807, 2.05) is 0 Å². The van der Waals surface area contributed by atoms with Crippen molar-refractivity contribution in [2.75, 3.05) is 13.1 Å². The standard InChI is InChI=1S/C18H34O2.C3H10N2/c1-2-3-4-5-6-7-8-9-10-11-12-13-14-15-16-17-18(19)20;4-2-1-3-5/h9-10H,2-8,11-17H2,1H3,(H,19,20);1-5H2/b10-9-;. The molecule has 0 aliphatic rings. The highest BCUT2D eigenvalue weighted by molar-refractivity contribution is 5.66. The van der Waals surface area contributed by atoms with E-state index in [0.29, 0.717) is 6.42 Å². The molecule has 0 unspecified atom stereocenters. The molecule has 0 saturated heterocycles. The van der Waals surface area contributed by atoms with Crippen molar-refractivity contribution < 1.29 is 9.90 Å². The summed E-state index contributed by atoms with van der Waals surface area (Å²) in [5, 5.41) is 8.51. The van der Waals surface area contributed by atoms with Crippen molar-refractivity contribution in [1.29, 1.82) is 0 Å². The number of hydrogen-bond acceptors (Lipinski definition) is 3. The van der Waals surface area contributed by atoms with E-state index in [1.54, 1.807) is 0 Å². The average molecular weight is 357 g/mol. The Kier molecular flexibility index (Phi) is 26.8. The topological polar surface area (TPSA) is 89.3 Å². The first-order chi connectivity index (χ1) is 12.2. The minimum absolute atomic E-state index is 0.332. The number of hydrogen-bond donors (Lipinski definition) is 3. The Morgan fingerprint density at radius 3 is 1.56 bits per heavy atom. The molecule has 0 rings (SSSR count). The molecule has 0 aromatic rings. The van der Waals surface area contributed by atoms with Crippen LogP contribution in [-0.2, 0) is 4.79 Å². The maximum absolute atomic E-state index is 10.3. The number of nitrogens with two attached hydrogens (primary N) is 2. The van der Waals surface area contributed by atoms with Crippen molar-refractivity contribution in [3.63, 3.8) is 0 Å². The molecule has 4 heteroatoms. The summed E-state index contributed by atoms with van der Waals surface area (Å²) in [5.74, 6) is -0.664. The highest BCUT2D eigenvalue weighted by Crippen LogP contribution is 2.09. The minimum atomic E-state index is -0.664. The van der Waals surface area contributed by atoms with Gasteiger partial charge in [0.15, 0.2) is 0 Å². The highest BCUT2D eigenvalue weighted by Gasteiger charge is 1.95. The van der Waals surface area contributed by atoms with Crippen LogP contribution in [0.2, 0.25) is 0 Å². The number of rotatable bonds is 17. The van der Waals surface area contributed by atoms with Gasteiger partial charge in [0.25, 0.3) is 0 Å². The monoisotopic (exact) mass is 356 g/mol. The van der Waals surface area contributed by atoms with Crippen LogP contribution in [0.5, 0.6) is 0 Å². The Labute approximate surface area is 156 Å². The van der Waals surface area contributed by atoms with Gasteiger partial charge in [0.05, 0.1) is 0 Å². The Bertz CT molecular complexity index is 279. The van der Waals surface area contributed by atoms with Crippen LogP contribution >= 0.6 is 0 Å². The van der Waals surface area contributed by atoms with Gasteiger partial charge in [-0.3, -0.25) is 4.79 Å². The van der Waals surface area contributed by atoms with Crippen molar-refractivity contribution >= 4 is 5.97 Å². The van der Waals surface area contributed by atoms with Gasteiger partial charge in [0, 0.05) is 6.42 Å². The van der Waals surface area contributed by atoms with Crippen LogP contribution in [0, 0.1) is 0 Å². The summed E-state index contributed by atoms with van der Waals surface area (Å²) in [6.45, 7) is 3.70. The minimum Gasteiger partial charge on any atom is -0.481 e. The summed E-state index contributed by atoms with van der Waals surface area (Å²) < 4.78 is 0. The Morgan fingerprint density at radius 2 is 1.16 bits per heavy atom. The van der Waals surface area contributed by atoms with E-state index in [-0.39, 0.29) is 0 Å². The van der Waals surface area contributed by atoms with E-state index in [0.717, 1.165) is 32.4 Å². The summed E-state index contributed by atoms with van der Waals surface area (Å²) in [6, 6.07) is 0. The van der Waals surface area contributed by atoms with Crippen LogP contribution in [0.1, 0.15) is 103 Å². The third kappa shape index (κ3) is 31.4. The fourth-order valence-electron chi connectivity index (χ4n) is 2.46. The smallest absolute Gasteiger partial charge is 0.303 e. The highest BCUT2D eigenvalue weighted by atomic mass is 16.4. The molecule has 0 atom stereocenters. The first-order valence-corrected chi connectivity index (χ1v) is 10.5. The molecule has 150 valence electrons. The predicted molar refractivity (Wildman–Crippen MR) is 110 cm³/mol. The van der Waals surface area contributed by atoms with Crippen molar-refractivity contribution in [2.45, 2.75) is 103 Å². The van der Waals surface area contributed by atoms with E-state index < -0.39 is 5.97 Å². The van der Waals surface area contributed by atoms with Crippen molar-refractivity contribution in [2.24, 2.45) is 11.5 Å². The number of carbonyl (C=O) groups is 1. The molecule has 0 aromatic heterocycles. The number of carboxylic acid groups (broad SMARTS) is 1. The average Bonchev–Trinajstić information content (AvgIpc) is 2.59. The lowest BCUT2D eigenvalue weighted by atomic mass is 10.1. The molecular formula is C21H44N2O2. The molecule has 0 heterocycles. The zero-order chi connectivity index (χ0) is 19.0. The van der Waals surface area contributed by atoms with Gasteiger partial charge in [0.2, 0.25) is 0 Å². The Morgan fingerprint density at radius 1 is 0.720 bits per heavy atom. The van der Waals surface area contributed by atoms with E-state index in [1.165, 1.54) is 70.6 Å². The lowest BCUT2D eigenvalue weighted by Crippen LogP contribution is -2.06. The molecule has 5 N–H and O–H groups in total. The van der Waals surface area contributed by atoms with Gasteiger partial charge in [-0.2, -0.15) is 0 Å². The molecule has 0 bridgehead atoms. The van der Waals surface area contributed by atoms with Crippen LogP contribution in [-0.4, -0.2) is 24.2 Å². The van der Waals surface area contributed by atoms with Crippen molar-refractivity contribution in [3.8, 4) is 0 Å². The maximum atomic E-state index is 10.3. The Hall–Kier alpha value is -0.870. The van der Waals surface area contributed by atoms with Crippen LogP contribution < -0.4 is 11.5 Å². The first-order valence-electron chi connectivity index (χ1n) is 10.5. The first kappa shape index (κ1) is 26.4. The van der Waals surface area contributed by atoms with Crippen molar-refractivity contribution in [1.82, 2.24) is 0 Å². The third-order valence-electron chi connectivity index (χ3n) is 4.06. The molecule has 0 fully saturated rings. The fraction of sp³-hybridized carbons (Fsp3) is 0.857. The summed E-state index contributed by atoms with van der Waals surface area (Å²) in [6.07, 6.45) is 22.2. The van der Waals surface area contributed by atoms with E-state index >= 15 is 0 Å². The normalized spacial score (nSPS) is 10.7. The van der Waals surface area contributed by atoms with Gasteiger partial charge in [-0.15, -0.1) is 0 Å². The predicted octanol–water partition coefficient (Wildman–Crippen LogP) is 5.40. The number of unbranched alkanes of at least 4 members (excludes halogenated alkanes) is 11. The second kappa shape index (κ2) is 25.4. The molecule has 0 aliphatic carbocycles. The van der Waals surface area contributed by atoms with Crippen LogP contribution in [0.15, 0.2) is 12.2 Å². The SMILES string of the molecule is CCCCCCCC/C=C\CCCCCCCC(=O)O.NCCCN. The summed E-state index contributed by atoms with van der Waals surface area (Å²) in [5.41, 5.74) is 10.1. The van der Waals surface area contributed by atoms with Gasteiger partial charge in [-0.25, -0.2) is 0 Å².